The van der Waals surface area contributed by atoms with Crippen molar-refractivity contribution in [2.45, 2.75) is 13.8 Å². The fraction of sp³-hybridized carbons (Fsp3) is 0.429. The molecule has 1 aromatic carbocycles. The molecule has 1 saturated heterocycles. The van der Waals surface area contributed by atoms with E-state index in [0.29, 0.717) is 11.1 Å². The highest BCUT2D eigenvalue weighted by atomic mass is 32.2. The van der Waals surface area contributed by atoms with E-state index in [1.165, 1.54) is 4.90 Å². The van der Waals surface area contributed by atoms with Crippen molar-refractivity contribution in [3.05, 3.63) is 34.4 Å². The van der Waals surface area contributed by atoms with Crippen molar-refractivity contribution in [1.82, 2.24) is 4.90 Å². The second-order valence-corrected chi connectivity index (χ2v) is 7.50. The summed E-state index contributed by atoms with van der Waals surface area (Å²) in [6.45, 7) is 3.53. The van der Waals surface area contributed by atoms with Crippen molar-refractivity contribution < 1.29 is 23.1 Å². The van der Waals surface area contributed by atoms with Gasteiger partial charge in [0, 0.05) is 13.1 Å². The highest BCUT2D eigenvalue weighted by Crippen LogP contribution is 2.21. The SMILES string of the molecule is Cc1ccc(C)c(C(=O)N2CCS(=O)(=O)CC2)c1C(=O)O. The lowest BCUT2D eigenvalue weighted by Crippen LogP contribution is -2.44. The number of carbonyl (C=O) groups excluding carboxylic acids is 1. The molecule has 0 radical (unpaired) electrons. The summed E-state index contributed by atoms with van der Waals surface area (Å²) in [5.41, 5.74) is 1.24. The van der Waals surface area contributed by atoms with E-state index in [-0.39, 0.29) is 35.7 Å². The molecule has 0 unspecified atom stereocenters. The van der Waals surface area contributed by atoms with E-state index in [1.54, 1.807) is 26.0 Å². The molecule has 0 saturated carbocycles. The fourth-order valence-corrected chi connectivity index (χ4v) is 3.64. The maximum absolute atomic E-state index is 12.6. The summed E-state index contributed by atoms with van der Waals surface area (Å²) in [7, 11) is -3.09. The maximum atomic E-state index is 12.6. The zero-order chi connectivity index (χ0) is 15.8. The smallest absolute Gasteiger partial charge is 0.336 e. The minimum Gasteiger partial charge on any atom is -0.478 e. The number of nitrogens with zero attached hydrogens (tertiary/aromatic N) is 1. The Morgan fingerprint density at radius 3 is 2.00 bits per heavy atom. The van der Waals surface area contributed by atoms with Crippen LogP contribution in [0.15, 0.2) is 12.1 Å². The van der Waals surface area contributed by atoms with Crippen LogP contribution in [0.3, 0.4) is 0 Å². The number of sulfone groups is 1. The van der Waals surface area contributed by atoms with Crippen molar-refractivity contribution in [2.75, 3.05) is 24.6 Å². The number of benzene rings is 1. The zero-order valence-electron chi connectivity index (χ0n) is 11.9. The highest BCUT2D eigenvalue weighted by molar-refractivity contribution is 7.91. The number of hydrogen-bond donors (Lipinski definition) is 1. The Kier molecular flexibility index (Phi) is 4.04. The van der Waals surface area contributed by atoms with Gasteiger partial charge in [0.05, 0.1) is 22.6 Å². The highest BCUT2D eigenvalue weighted by Gasteiger charge is 2.29. The first-order valence-electron chi connectivity index (χ1n) is 6.56. The van der Waals surface area contributed by atoms with Gasteiger partial charge in [-0.15, -0.1) is 0 Å². The molecular formula is C14H17NO5S. The number of amides is 1. The Bertz CT molecular complexity index is 694. The van der Waals surface area contributed by atoms with Crippen LogP contribution in [0.2, 0.25) is 0 Å². The molecule has 7 heteroatoms. The first kappa shape index (κ1) is 15.5. The number of aromatic carboxylic acids is 1. The van der Waals surface area contributed by atoms with E-state index < -0.39 is 21.7 Å². The third-order valence-corrected chi connectivity index (χ3v) is 5.29. The number of rotatable bonds is 2. The van der Waals surface area contributed by atoms with Crippen molar-refractivity contribution in [1.29, 1.82) is 0 Å². The Morgan fingerprint density at radius 2 is 1.52 bits per heavy atom. The number of carbonyl (C=O) groups is 2. The third kappa shape index (κ3) is 3.07. The predicted molar refractivity (Wildman–Crippen MR) is 77.4 cm³/mol. The molecule has 1 aromatic rings. The van der Waals surface area contributed by atoms with Crippen LogP contribution in [0.5, 0.6) is 0 Å². The summed E-state index contributed by atoms with van der Waals surface area (Å²) >= 11 is 0. The maximum Gasteiger partial charge on any atom is 0.336 e. The molecule has 21 heavy (non-hydrogen) atoms. The average Bonchev–Trinajstić information content (AvgIpc) is 2.40. The fourth-order valence-electron chi connectivity index (χ4n) is 2.44. The third-order valence-electron chi connectivity index (χ3n) is 3.68. The molecule has 1 amide bonds. The first-order valence-corrected chi connectivity index (χ1v) is 8.38. The lowest BCUT2D eigenvalue weighted by Gasteiger charge is -2.28. The molecule has 1 N–H and O–H groups in total. The molecule has 1 heterocycles. The van der Waals surface area contributed by atoms with E-state index in [9.17, 15) is 23.1 Å². The van der Waals surface area contributed by atoms with E-state index in [4.69, 9.17) is 0 Å². The van der Waals surface area contributed by atoms with Gasteiger partial charge in [-0.2, -0.15) is 0 Å². The average molecular weight is 311 g/mol. The van der Waals surface area contributed by atoms with Gasteiger partial charge in [-0.05, 0) is 25.0 Å². The van der Waals surface area contributed by atoms with Gasteiger partial charge < -0.3 is 10.0 Å². The van der Waals surface area contributed by atoms with E-state index in [2.05, 4.69) is 0 Å². The van der Waals surface area contributed by atoms with Crippen molar-refractivity contribution in [2.24, 2.45) is 0 Å². The molecule has 2 rings (SSSR count). The molecule has 1 fully saturated rings. The molecule has 114 valence electrons. The van der Waals surface area contributed by atoms with Crippen LogP contribution in [-0.2, 0) is 9.84 Å². The quantitative estimate of drug-likeness (QED) is 0.875. The lowest BCUT2D eigenvalue weighted by molar-refractivity contribution is 0.0676. The predicted octanol–water partition coefficient (Wildman–Crippen LogP) is 0.872. The molecule has 1 aliphatic rings. The molecule has 0 aromatic heterocycles. The van der Waals surface area contributed by atoms with Crippen molar-refractivity contribution in [3.8, 4) is 0 Å². The minimum absolute atomic E-state index is 0.00608. The molecule has 0 atom stereocenters. The standard InChI is InChI=1S/C14H17NO5S/c1-9-3-4-10(2)12(14(17)18)11(9)13(16)15-5-7-21(19,20)8-6-15/h3-4H,5-8H2,1-2H3,(H,17,18). The van der Waals surface area contributed by atoms with Gasteiger partial charge in [-0.25, -0.2) is 13.2 Å². The molecular weight excluding hydrogens is 294 g/mol. The van der Waals surface area contributed by atoms with Crippen LogP contribution in [0.25, 0.3) is 0 Å². The van der Waals surface area contributed by atoms with E-state index in [1.807, 2.05) is 0 Å². The number of hydrogen-bond acceptors (Lipinski definition) is 4. The minimum atomic E-state index is -3.09. The normalized spacial score (nSPS) is 17.5. The van der Waals surface area contributed by atoms with Gasteiger partial charge in [0.15, 0.2) is 9.84 Å². The van der Waals surface area contributed by atoms with Crippen molar-refractivity contribution >= 4 is 21.7 Å². The summed E-state index contributed by atoms with van der Waals surface area (Å²) < 4.78 is 22.8. The van der Waals surface area contributed by atoms with Gasteiger partial charge in [0.2, 0.25) is 0 Å². The summed E-state index contributed by atoms with van der Waals surface area (Å²) in [6.07, 6.45) is 0. The summed E-state index contributed by atoms with van der Waals surface area (Å²) in [5, 5.41) is 9.33. The van der Waals surface area contributed by atoms with Gasteiger partial charge in [0.25, 0.3) is 5.91 Å². The Balaban J connectivity index is 2.40. The number of aryl methyl sites for hydroxylation is 2. The van der Waals surface area contributed by atoms with Crippen molar-refractivity contribution in [3.63, 3.8) is 0 Å². The van der Waals surface area contributed by atoms with E-state index in [0.717, 1.165) is 0 Å². The van der Waals surface area contributed by atoms with Crippen LogP contribution in [0.4, 0.5) is 0 Å². The van der Waals surface area contributed by atoms with Crippen LogP contribution in [-0.4, -0.2) is 54.9 Å². The summed E-state index contributed by atoms with van der Waals surface area (Å²) in [6, 6.07) is 3.37. The lowest BCUT2D eigenvalue weighted by atomic mass is 9.96. The number of carboxylic acids is 1. The monoisotopic (exact) mass is 311 g/mol. The largest absolute Gasteiger partial charge is 0.478 e. The topological polar surface area (TPSA) is 91.8 Å². The Morgan fingerprint density at radius 1 is 1.05 bits per heavy atom. The first-order chi connectivity index (χ1) is 9.73. The summed E-state index contributed by atoms with van der Waals surface area (Å²) in [4.78, 5) is 25.4. The molecule has 0 spiro atoms. The van der Waals surface area contributed by atoms with E-state index >= 15 is 0 Å². The molecule has 0 aliphatic carbocycles. The van der Waals surface area contributed by atoms with Crippen LogP contribution >= 0.6 is 0 Å². The summed E-state index contributed by atoms with van der Waals surface area (Å²) in [5.74, 6) is -1.72. The Hall–Kier alpha value is -1.89. The van der Waals surface area contributed by atoms with Gasteiger partial charge in [-0.3, -0.25) is 4.79 Å². The molecule has 0 bridgehead atoms. The number of carboxylic acid groups (broad SMARTS) is 1. The van der Waals surface area contributed by atoms with Gasteiger partial charge in [0.1, 0.15) is 0 Å². The van der Waals surface area contributed by atoms with Gasteiger partial charge >= 0.3 is 5.97 Å². The second-order valence-electron chi connectivity index (χ2n) is 5.20. The molecule has 6 nitrogen and oxygen atoms in total. The van der Waals surface area contributed by atoms with Gasteiger partial charge in [-0.1, -0.05) is 12.1 Å². The Labute approximate surface area is 123 Å². The van der Waals surface area contributed by atoms with Crippen LogP contribution < -0.4 is 0 Å². The van der Waals surface area contributed by atoms with Crippen LogP contribution in [0, 0.1) is 13.8 Å². The second kappa shape index (κ2) is 5.48. The zero-order valence-corrected chi connectivity index (χ0v) is 12.7. The molecule has 1 aliphatic heterocycles. The van der Waals surface area contributed by atoms with Crippen LogP contribution in [0.1, 0.15) is 31.8 Å².